The second-order valence-electron chi connectivity index (χ2n) is 8.99. The van der Waals surface area contributed by atoms with E-state index in [1.807, 2.05) is 0 Å². The first-order valence-corrected chi connectivity index (χ1v) is 13.7. The Morgan fingerprint density at radius 3 is 1.94 bits per heavy atom. The first kappa shape index (κ1) is 28.0. The van der Waals surface area contributed by atoms with Crippen molar-refractivity contribution in [2.75, 3.05) is 17.7 Å². The van der Waals surface area contributed by atoms with E-state index in [-0.39, 0.29) is 12.2 Å². The maximum atomic E-state index is 13.3. The van der Waals surface area contributed by atoms with Gasteiger partial charge in [-0.1, -0.05) is 6.07 Å². The molecule has 1 heterocycles. The summed E-state index contributed by atoms with van der Waals surface area (Å²) in [6.45, 7) is 2.08. The molecule has 0 saturated carbocycles. The van der Waals surface area contributed by atoms with Gasteiger partial charge in [-0.15, -0.1) is 0 Å². The van der Waals surface area contributed by atoms with E-state index in [0.29, 0.717) is 30.5 Å². The predicted molar refractivity (Wildman–Crippen MR) is 118 cm³/mol. The zero-order valence-corrected chi connectivity index (χ0v) is 20.7. The first-order valence-electron chi connectivity index (χ1n) is 10.3. The lowest BCUT2D eigenvalue weighted by atomic mass is 9.94. The van der Waals surface area contributed by atoms with E-state index in [9.17, 15) is 48.0 Å². The largest absolute Gasteiger partial charge is 0.416 e. The van der Waals surface area contributed by atoms with Gasteiger partial charge in [0.25, 0.3) is 0 Å². The minimum absolute atomic E-state index is 0.342. The van der Waals surface area contributed by atoms with Crippen LogP contribution in [0.3, 0.4) is 0 Å². The van der Waals surface area contributed by atoms with Crippen LogP contribution in [0.4, 0.5) is 32.0 Å². The predicted octanol–water partition coefficient (Wildman–Crippen LogP) is 4.73. The molecule has 1 saturated heterocycles. The van der Waals surface area contributed by atoms with Gasteiger partial charge in [-0.05, 0) is 50.2 Å². The lowest BCUT2D eigenvalue weighted by molar-refractivity contribution is -0.138. The van der Waals surface area contributed by atoms with Crippen molar-refractivity contribution in [1.82, 2.24) is 0 Å². The zero-order valence-electron chi connectivity index (χ0n) is 19.1. The highest BCUT2D eigenvalue weighted by Crippen LogP contribution is 2.42. The van der Waals surface area contributed by atoms with E-state index in [1.54, 1.807) is 0 Å². The number of carbonyl (C=O) groups is 1. The molecular weight excluding hydrogens is 536 g/mol. The van der Waals surface area contributed by atoms with E-state index >= 15 is 0 Å². The van der Waals surface area contributed by atoms with Gasteiger partial charge in [-0.2, -0.15) is 26.3 Å². The van der Waals surface area contributed by atoms with Crippen molar-refractivity contribution in [2.24, 2.45) is 5.92 Å². The molecule has 2 aromatic rings. The second kappa shape index (κ2) is 8.75. The number of hydrogen-bond acceptors (Lipinski definition) is 5. The number of sulfone groups is 2. The Morgan fingerprint density at radius 1 is 0.861 bits per heavy atom. The Kier molecular flexibility index (Phi) is 6.80. The Morgan fingerprint density at radius 2 is 1.42 bits per heavy atom. The van der Waals surface area contributed by atoms with Crippen LogP contribution in [0.2, 0.25) is 0 Å². The van der Waals surface area contributed by atoms with Gasteiger partial charge in [0.2, 0.25) is 5.91 Å². The SMILES string of the molecule is CC(C)(C1CC(=O)N(c2ccc(C(F)(F)F)cc2S(C)(=O)=O)C1)S(=O)(=O)c1cccc(C(F)(F)F)c1. The van der Waals surface area contributed by atoms with Crippen molar-refractivity contribution >= 4 is 31.3 Å². The molecule has 198 valence electrons. The molecule has 1 atom stereocenters. The molecule has 0 aromatic heterocycles. The molecular formula is C22H21F6NO5S2. The highest BCUT2D eigenvalue weighted by Gasteiger charge is 2.49. The molecule has 1 fully saturated rings. The van der Waals surface area contributed by atoms with Gasteiger partial charge in [0.05, 0.1) is 31.4 Å². The van der Waals surface area contributed by atoms with Crippen LogP contribution in [0.1, 0.15) is 31.4 Å². The van der Waals surface area contributed by atoms with E-state index in [1.165, 1.54) is 13.8 Å². The van der Waals surface area contributed by atoms with E-state index in [0.717, 1.165) is 23.1 Å². The number of alkyl halides is 6. The van der Waals surface area contributed by atoms with Crippen LogP contribution in [0, 0.1) is 5.92 Å². The average molecular weight is 558 g/mol. The fourth-order valence-corrected chi connectivity index (χ4v) is 6.62. The fourth-order valence-electron chi connectivity index (χ4n) is 3.98. The van der Waals surface area contributed by atoms with E-state index < -0.39 is 75.9 Å². The minimum atomic E-state index is -4.85. The molecule has 0 radical (unpaired) electrons. The van der Waals surface area contributed by atoms with Crippen LogP contribution in [-0.2, 0) is 36.8 Å². The third kappa shape index (κ3) is 5.10. The Balaban J connectivity index is 2.02. The van der Waals surface area contributed by atoms with Crippen LogP contribution in [-0.4, -0.2) is 40.3 Å². The third-order valence-corrected chi connectivity index (χ3v) is 9.97. The summed E-state index contributed by atoms with van der Waals surface area (Å²) in [6.07, 6.45) is -9.39. The standard InChI is InChI=1S/C22H21F6NO5S2/c1-20(2,36(33,34)16-6-4-5-13(9-16)21(23,24)25)15-11-19(30)29(12-15)17-8-7-14(22(26,27)28)10-18(17)35(3,31)32/h4-10,15H,11-12H2,1-3H3. The highest BCUT2D eigenvalue weighted by molar-refractivity contribution is 7.92. The van der Waals surface area contributed by atoms with Gasteiger partial charge < -0.3 is 4.90 Å². The fraction of sp³-hybridized carbons (Fsp3) is 0.409. The molecule has 1 amide bonds. The number of nitrogens with zero attached hydrogens (tertiary/aromatic N) is 1. The van der Waals surface area contributed by atoms with Crippen molar-refractivity contribution in [1.29, 1.82) is 0 Å². The summed E-state index contributed by atoms with van der Waals surface area (Å²) in [5.41, 5.74) is -2.77. The van der Waals surface area contributed by atoms with Crippen LogP contribution in [0.25, 0.3) is 0 Å². The van der Waals surface area contributed by atoms with Gasteiger partial charge in [0, 0.05) is 25.1 Å². The number of anilines is 1. The van der Waals surface area contributed by atoms with E-state index in [2.05, 4.69) is 0 Å². The van der Waals surface area contributed by atoms with Crippen LogP contribution >= 0.6 is 0 Å². The quantitative estimate of drug-likeness (QED) is 0.496. The molecule has 14 heteroatoms. The summed E-state index contributed by atoms with van der Waals surface area (Å²) in [4.78, 5) is 12.3. The third-order valence-electron chi connectivity index (χ3n) is 6.25. The number of rotatable bonds is 5. The molecule has 3 rings (SSSR count). The molecule has 6 nitrogen and oxygen atoms in total. The van der Waals surface area contributed by atoms with Gasteiger partial charge in [0.1, 0.15) is 0 Å². The lowest BCUT2D eigenvalue weighted by Gasteiger charge is -2.31. The summed E-state index contributed by atoms with van der Waals surface area (Å²) in [5.74, 6) is -1.75. The minimum Gasteiger partial charge on any atom is -0.311 e. The number of halogens is 6. The molecule has 0 bridgehead atoms. The van der Waals surface area contributed by atoms with Crippen molar-refractivity contribution in [3.05, 3.63) is 53.6 Å². The molecule has 2 aromatic carbocycles. The van der Waals surface area contributed by atoms with Gasteiger partial charge in [0.15, 0.2) is 19.7 Å². The molecule has 1 aliphatic heterocycles. The Labute approximate surface area is 203 Å². The molecule has 0 spiro atoms. The molecule has 1 unspecified atom stereocenters. The number of benzene rings is 2. The van der Waals surface area contributed by atoms with Gasteiger partial charge >= 0.3 is 12.4 Å². The van der Waals surface area contributed by atoms with Crippen molar-refractivity contribution < 1.29 is 48.0 Å². The van der Waals surface area contributed by atoms with Crippen molar-refractivity contribution in [3.63, 3.8) is 0 Å². The smallest absolute Gasteiger partial charge is 0.311 e. The number of hydrogen-bond donors (Lipinski definition) is 0. The van der Waals surface area contributed by atoms with Crippen LogP contribution in [0.5, 0.6) is 0 Å². The zero-order chi connectivity index (χ0) is 27.5. The first-order chi connectivity index (χ1) is 16.2. The van der Waals surface area contributed by atoms with Crippen molar-refractivity contribution in [2.45, 2.75) is 47.2 Å². The molecule has 36 heavy (non-hydrogen) atoms. The normalized spacial score (nSPS) is 18.1. The van der Waals surface area contributed by atoms with Gasteiger partial charge in [-0.3, -0.25) is 4.79 Å². The summed E-state index contributed by atoms with van der Waals surface area (Å²) >= 11 is 0. The Hall–Kier alpha value is -2.61. The summed E-state index contributed by atoms with van der Waals surface area (Å²) in [5, 5.41) is 0. The monoisotopic (exact) mass is 557 g/mol. The van der Waals surface area contributed by atoms with Gasteiger partial charge in [-0.25, -0.2) is 16.8 Å². The Bertz CT molecular complexity index is 1410. The molecule has 0 aliphatic carbocycles. The lowest BCUT2D eigenvalue weighted by Crippen LogP contribution is -2.41. The maximum Gasteiger partial charge on any atom is 0.416 e. The van der Waals surface area contributed by atoms with Crippen LogP contribution < -0.4 is 4.90 Å². The summed E-state index contributed by atoms with van der Waals surface area (Å²) in [6, 6.07) is 4.98. The summed E-state index contributed by atoms with van der Waals surface area (Å²) < 4.78 is 128. The highest BCUT2D eigenvalue weighted by atomic mass is 32.2. The topological polar surface area (TPSA) is 88.6 Å². The van der Waals surface area contributed by atoms with E-state index in [4.69, 9.17) is 0 Å². The average Bonchev–Trinajstić information content (AvgIpc) is 3.13. The number of carbonyl (C=O) groups excluding carboxylic acids is 1. The van der Waals surface area contributed by atoms with Crippen molar-refractivity contribution in [3.8, 4) is 0 Å². The molecule has 0 N–H and O–H groups in total. The maximum absolute atomic E-state index is 13.3. The second-order valence-corrected chi connectivity index (χ2v) is 13.5. The van der Waals surface area contributed by atoms with Crippen LogP contribution in [0.15, 0.2) is 52.3 Å². The number of amides is 1. The molecule has 1 aliphatic rings. The summed E-state index contributed by atoms with van der Waals surface area (Å²) in [7, 11) is -8.68.